The quantitative estimate of drug-likeness (QED) is 0.777. The standard InChI is InChI=1S/C23H35F2N5O/c1-22(2)13-19(5-10-31-22)30-14-16-11-18(12-17(16)15-30)26-20-3-4-21(28-27-20)29-8-6-23(24,25)7-9-29/h3-4,16-19H,5-15H2,1-2H3,(H,26,27). The lowest BCUT2D eigenvalue weighted by Gasteiger charge is -2.40. The summed E-state index contributed by atoms with van der Waals surface area (Å²) >= 11 is 0. The van der Waals surface area contributed by atoms with Gasteiger partial charge in [-0.3, -0.25) is 4.90 Å². The van der Waals surface area contributed by atoms with Gasteiger partial charge in [0.25, 0.3) is 5.92 Å². The van der Waals surface area contributed by atoms with E-state index in [9.17, 15) is 8.78 Å². The summed E-state index contributed by atoms with van der Waals surface area (Å²) in [5, 5.41) is 12.2. The van der Waals surface area contributed by atoms with E-state index in [0.717, 1.165) is 37.1 Å². The number of halogens is 2. The van der Waals surface area contributed by atoms with Crippen LogP contribution < -0.4 is 10.2 Å². The summed E-state index contributed by atoms with van der Waals surface area (Å²) in [5.41, 5.74) is 0.00457. The molecule has 1 aliphatic carbocycles. The monoisotopic (exact) mass is 435 g/mol. The smallest absolute Gasteiger partial charge is 0.251 e. The van der Waals surface area contributed by atoms with E-state index in [1.165, 1.54) is 25.9 Å². The van der Waals surface area contributed by atoms with Gasteiger partial charge >= 0.3 is 0 Å². The van der Waals surface area contributed by atoms with Gasteiger partial charge in [-0.25, -0.2) is 8.78 Å². The third-order valence-corrected chi connectivity index (χ3v) is 7.79. The molecule has 6 nitrogen and oxygen atoms in total. The normalized spacial score (nSPS) is 35.2. The molecule has 8 heteroatoms. The van der Waals surface area contributed by atoms with E-state index in [2.05, 4.69) is 34.3 Å². The van der Waals surface area contributed by atoms with Gasteiger partial charge in [0.15, 0.2) is 5.82 Å². The number of nitrogens with zero attached hydrogens (tertiary/aromatic N) is 4. The molecule has 0 aromatic carbocycles. The van der Waals surface area contributed by atoms with Gasteiger partial charge in [0, 0.05) is 57.7 Å². The summed E-state index contributed by atoms with van der Waals surface area (Å²) in [5.74, 6) is 0.456. The summed E-state index contributed by atoms with van der Waals surface area (Å²) in [4.78, 5) is 4.62. The fourth-order valence-corrected chi connectivity index (χ4v) is 6.11. The molecule has 0 radical (unpaired) electrons. The second kappa shape index (κ2) is 8.10. The number of hydrogen-bond donors (Lipinski definition) is 1. The maximum absolute atomic E-state index is 13.4. The Morgan fingerprint density at radius 1 is 1.06 bits per heavy atom. The van der Waals surface area contributed by atoms with Crippen LogP contribution in [0.5, 0.6) is 0 Å². The van der Waals surface area contributed by atoms with Crippen molar-refractivity contribution in [2.45, 2.75) is 76.0 Å². The Hall–Kier alpha value is -1.54. The van der Waals surface area contributed by atoms with Crippen LogP contribution in [0.25, 0.3) is 0 Å². The van der Waals surface area contributed by atoms with Crippen molar-refractivity contribution in [3.63, 3.8) is 0 Å². The lowest BCUT2D eigenvalue weighted by atomic mass is 9.93. The number of ether oxygens (including phenoxy) is 1. The molecule has 31 heavy (non-hydrogen) atoms. The number of anilines is 2. The lowest BCUT2D eigenvalue weighted by Crippen LogP contribution is -2.45. The minimum Gasteiger partial charge on any atom is -0.375 e. The summed E-state index contributed by atoms with van der Waals surface area (Å²) < 4.78 is 32.6. The van der Waals surface area contributed by atoms with Gasteiger partial charge in [-0.05, 0) is 63.5 Å². The first-order valence-electron chi connectivity index (χ1n) is 11.9. The molecule has 1 saturated carbocycles. The molecule has 3 atom stereocenters. The average molecular weight is 436 g/mol. The van der Waals surface area contributed by atoms with Crippen molar-refractivity contribution < 1.29 is 13.5 Å². The Kier molecular flexibility index (Phi) is 5.57. The van der Waals surface area contributed by atoms with Gasteiger partial charge in [0.05, 0.1) is 5.60 Å². The third kappa shape index (κ3) is 4.80. The number of fused-ring (bicyclic) bond motifs is 1. The highest BCUT2D eigenvalue weighted by Gasteiger charge is 2.44. The molecule has 3 saturated heterocycles. The van der Waals surface area contributed by atoms with Crippen LogP contribution in [0, 0.1) is 11.8 Å². The molecule has 0 bridgehead atoms. The van der Waals surface area contributed by atoms with Crippen LogP contribution in [-0.4, -0.2) is 71.5 Å². The van der Waals surface area contributed by atoms with Gasteiger partial charge in [0.2, 0.25) is 0 Å². The molecule has 1 N–H and O–H groups in total. The van der Waals surface area contributed by atoms with E-state index in [0.29, 0.717) is 31.0 Å². The topological polar surface area (TPSA) is 53.5 Å². The SMILES string of the molecule is CC1(C)CC(N2CC3CC(Nc4ccc(N5CCC(F)(F)CC5)nn4)CC3C2)CCO1. The van der Waals surface area contributed by atoms with Crippen LogP contribution in [0.15, 0.2) is 12.1 Å². The Morgan fingerprint density at radius 3 is 2.39 bits per heavy atom. The highest BCUT2D eigenvalue weighted by Crippen LogP contribution is 2.42. The Bertz CT molecular complexity index is 750. The maximum atomic E-state index is 13.4. The second-order valence-electron chi connectivity index (χ2n) is 10.7. The van der Waals surface area contributed by atoms with Crippen LogP contribution in [0.1, 0.15) is 52.4 Å². The molecule has 3 aliphatic heterocycles. The summed E-state index contributed by atoms with van der Waals surface area (Å²) in [6.45, 7) is 8.37. The molecule has 172 valence electrons. The van der Waals surface area contributed by atoms with Crippen LogP contribution in [0.3, 0.4) is 0 Å². The van der Waals surface area contributed by atoms with Gasteiger partial charge in [-0.15, -0.1) is 10.2 Å². The Morgan fingerprint density at radius 2 is 1.77 bits per heavy atom. The molecular formula is C23H35F2N5O. The van der Waals surface area contributed by atoms with E-state index in [4.69, 9.17) is 4.74 Å². The van der Waals surface area contributed by atoms with E-state index in [-0.39, 0.29) is 18.4 Å². The minimum absolute atomic E-state index is 0.00457. The van der Waals surface area contributed by atoms with Crippen LogP contribution in [0.2, 0.25) is 0 Å². The molecule has 4 heterocycles. The van der Waals surface area contributed by atoms with E-state index in [1.807, 2.05) is 17.0 Å². The number of alkyl halides is 2. The van der Waals surface area contributed by atoms with Crippen molar-refractivity contribution in [1.82, 2.24) is 15.1 Å². The molecule has 1 aromatic heterocycles. The zero-order chi connectivity index (χ0) is 21.6. The molecule has 4 fully saturated rings. The number of likely N-dealkylation sites (tertiary alicyclic amines) is 1. The molecule has 4 aliphatic rings. The summed E-state index contributed by atoms with van der Waals surface area (Å²) in [6.07, 6.45) is 4.42. The summed E-state index contributed by atoms with van der Waals surface area (Å²) in [6, 6.07) is 4.95. The zero-order valence-corrected chi connectivity index (χ0v) is 18.7. The largest absolute Gasteiger partial charge is 0.375 e. The van der Waals surface area contributed by atoms with E-state index < -0.39 is 5.92 Å². The minimum atomic E-state index is -2.54. The van der Waals surface area contributed by atoms with Crippen LogP contribution in [0.4, 0.5) is 20.4 Å². The number of piperidine rings is 1. The van der Waals surface area contributed by atoms with Crippen molar-refractivity contribution in [2.75, 3.05) is 43.0 Å². The Balaban J connectivity index is 1.11. The van der Waals surface area contributed by atoms with Gasteiger partial charge in [-0.1, -0.05) is 0 Å². The molecule has 1 aromatic rings. The average Bonchev–Trinajstić information content (AvgIpc) is 3.27. The number of nitrogens with one attached hydrogen (secondary N) is 1. The lowest BCUT2D eigenvalue weighted by molar-refractivity contribution is -0.0811. The van der Waals surface area contributed by atoms with E-state index in [1.54, 1.807) is 0 Å². The Labute approximate surface area is 183 Å². The highest BCUT2D eigenvalue weighted by atomic mass is 19.3. The molecule has 5 rings (SSSR count). The van der Waals surface area contributed by atoms with Crippen molar-refractivity contribution in [1.29, 1.82) is 0 Å². The first-order chi connectivity index (χ1) is 14.8. The second-order valence-corrected chi connectivity index (χ2v) is 10.7. The van der Waals surface area contributed by atoms with Crippen molar-refractivity contribution in [3.05, 3.63) is 12.1 Å². The van der Waals surface area contributed by atoms with Crippen LogP contribution in [-0.2, 0) is 4.74 Å². The molecule has 0 spiro atoms. The predicted molar refractivity (Wildman–Crippen MR) is 117 cm³/mol. The first kappa shape index (κ1) is 21.3. The number of rotatable bonds is 4. The summed E-state index contributed by atoms with van der Waals surface area (Å²) in [7, 11) is 0. The van der Waals surface area contributed by atoms with Crippen LogP contribution >= 0.6 is 0 Å². The number of hydrogen-bond acceptors (Lipinski definition) is 6. The van der Waals surface area contributed by atoms with Gasteiger partial charge in [0.1, 0.15) is 5.82 Å². The van der Waals surface area contributed by atoms with Crippen molar-refractivity contribution >= 4 is 11.6 Å². The third-order valence-electron chi connectivity index (χ3n) is 7.79. The molecule has 0 amide bonds. The predicted octanol–water partition coefficient (Wildman–Crippen LogP) is 3.79. The maximum Gasteiger partial charge on any atom is 0.251 e. The molecular weight excluding hydrogens is 400 g/mol. The van der Waals surface area contributed by atoms with Crippen molar-refractivity contribution in [3.8, 4) is 0 Å². The van der Waals surface area contributed by atoms with Gasteiger partial charge < -0.3 is 15.0 Å². The fraction of sp³-hybridized carbons (Fsp3) is 0.826. The van der Waals surface area contributed by atoms with Crippen molar-refractivity contribution in [2.24, 2.45) is 11.8 Å². The zero-order valence-electron chi connectivity index (χ0n) is 18.7. The number of aromatic nitrogens is 2. The van der Waals surface area contributed by atoms with Gasteiger partial charge in [-0.2, -0.15) is 0 Å². The van der Waals surface area contributed by atoms with E-state index >= 15 is 0 Å². The highest BCUT2D eigenvalue weighted by molar-refractivity contribution is 5.44. The first-order valence-corrected chi connectivity index (χ1v) is 11.9. The molecule has 3 unspecified atom stereocenters. The fourth-order valence-electron chi connectivity index (χ4n) is 6.11.